The van der Waals surface area contributed by atoms with Gasteiger partial charge in [-0.05, 0) is 56.5 Å². The van der Waals surface area contributed by atoms with Crippen LogP contribution < -0.4 is 5.32 Å². The van der Waals surface area contributed by atoms with E-state index in [0.717, 1.165) is 38.0 Å². The molecule has 3 rings (SSSR count). The summed E-state index contributed by atoms with van der Waals surface area (Å²) in [6.45, 7) is 3.59. The van der Waals surface area contributed by atoms with Crippen molar-refractivity contribution in [1.29, 1.82) is 0 Å². The number of carbonyl (C=O) groups is 2. The first kappa shape index (κ1) is 21.0. The van der Waals surface area contributed by atoms with Crippen molar-refractivity contribution in [3.8, 4) is 0 Å². The molecular formula is C20H28ClN3O4. The van der Waals surface area contributed by atoms with E-state index in [1.54, 1.807) is 29.2 Å². The van der Waals surface area contributed by atoms with Gasteiger partial charge in [-0.3, -0.25) is 9.59 Å². The molecule has 2 saturated heterocycles. The number of likely N-dealkylation sites (tertiary alicyclic amines) is 2. The molecule has 0 radical (unpaired) electrons. The van der Waals surface area contributed by atoms with Crippen LogP contribution in [-0.2, 0) is 16.1 Å². The van der Waals surface area contributed by atoms with E-state index < -0.39 is 24.0 Å². The van der Waals surface area contributed by atoms with Gasteiger partial charge in [0.15, 0.2) is 12.2 Å². The topological polar surface area (TPSA) is 93.1 Å². The van der Waals surface area contributed by atoms with Crippen molar-refractivity contribution in [2.75, 3.05) is 26.2 Å². The van der Waals surface area contributed by atoms with E-state index in [1.807, 2.05) is 0 Å². The molecule has 1 aromatic carbocycles. The van der Waals surface area contributed by atoms with Gasteiger partial charge in [0.2, 0.25) is 0 Å². The molecule has 28 heavy (non-hydrogen) atoms. The van der Waals surface area contributed by atoms with Gasteiger partial charge in [0.05, 0.1) is 0 Å². The molecule has 0 aliphatic carbocycles. The summed E-state index contributed by atoms with van der Waals surface area (Å²) in [5.74, 6) is -1.35. The Bertz CT molecular complexity index is 679. The van der Waals surface area contributed by atoms with Crippen molar-refractivity contribution in [3.63, 3.8) is 0 Å². The SMILES string of the molecule is O=C(NCc1ccc(Cl)cc1)C(O)[C@@H](O)C(=O)N1CCC[C@H]1CN1CCCC1. The van der Waals surface area contributed by atoms with Crippen LogP contribution in [-0.4, -0.2) is 76.3 Å². The summed E-state index contributed by atoms with van der Waals surface area (Å²) in [5, 5.41) is 23.6. The zero-order valence-electron chi connectivity index (χ0n) is 15.9. The van der Waals surface area contributed by atoms with E-state index >= 15 is 0 Å². The Morgan fingerprint density at radius 1 is 1.07 bits per heavy atom. The Morgan fingerprint density at radius 2 is 1.75 bits per heavy atom. The minimum absolute atomic E-state index is 0.0320. The average molecular weight is 410 g/mol. The van der Waals surface area contributed by atoms with Gasteiger partial charge >= 0.3 is 0 Å². The second-order valence-electron chi connectivity index (χ2n) is 7.57. The molecule has 3 N–H and O–H groups in total. The number of aliphatic hydroxyl groups excluding tert-OH is 2. The van der Waals surface area contributed by atoms with Gasteiger partial charge in [0, 0.05) is 30.7 Å². The summed E-state index contributed by atoms with van der Waals surface area (Å²) in [4.78, 5) is 28.8. The van der Waals surface area contributed by atoms with Gasteiger partial charge in [-0.25, -0.2) is 0 Å². The Morgan fingerprint density at radius 3 is 2.43 bits per heavy atom. The number of rotatable bonds is 7. The fraction of sp³-hybridized carbons (Fsp3) is 0.600. The maximum absolute atomic E-state index is 12.7. The summed E-state index contributed by atoms with van der Waals surface area (Å²) in [6, 6.07) is 6.94. The van der Waals surface area contributed by atoms with Gasteiger partial charge < -0.3 is 25.3 Å². The second-order valence-corrected chi connectivity index (χ2v) is 8.01. The summed E-state index contributed by atoms with van der Waals surface area (Å²) in [7, 11) is 0. The molecule has 0 aromatic heterocycles. The molecule has 3 atom stereocenters. The number of nitrogens with one attached hydrogen (secondary N) is 1. The highest BCUT2D eigenvalue weighted by Crippen LogP contribution is 2.22. The molecule has 0 saturated carbocycles. The van der Waals surface area contributed by atoms with Crippen LogP contribution in [0.4, 0.5) is 0 Å². The third-order valence-electron chi connectivity index (χ3n) is 5.53. The lowest BCUT2D eigenvalue weighted by Crippen LogP contribution is -2.53. The van der Waals surface area contributed by atoms with E-state index in [0.29, 0.717) is 11.6 Å². The standard InChI is InChI=1S/C20H28ClN3O4/c21-15-7-5-14(6-8-15)12-22-19(27)17(25)18(26)20(28)24-11-3-4-16(24)13-23-9-1-2-10-23/h5-8,16-18,25-26H,1-4,9-13H2,(H,22,27)/t16-,17?,18+/m0/s1. The van der Waals surface area contributed by atoms with Crippen molar-refractivity contribution < 1.29 is 19.8 Å². The first-order valence-corrected chi connectivity index (χ1v) is 10.2. The smallest absolute Gasteiger partial charge is 0.254 e. The summed E-state index contributed by atoms with van der Waals surface area (Å²) >= 11 is 5.82. The predicted molar refractivity (Wildman–Crippen MR) is 106 cm³/mol. The van der Waals surface area contributed by atoms with E-state index in [1.165, 1.54) is 12.8 Å². The molecule has 0 bridgehead atoms. The monoisotopic (exact) mass is 409 g/mol. The van der Waals surface area contributed by atoms with Gasteiger partial charge in [-0.15, -0.1) is 0 Å². The molecule has 2 fully saturated rings. The molecular weight excluding hydrogens is 382 g/mol. The largest absolute Gasteiger partial charge is 0.380 e. The molecule has 1 unspecified atom stereocenters. The highest BCUT2D eigenvalue weighted by Gasteiger charge is 2.38. The third kappa shape index (κ3) is 5.23. The Kier molecular flexibility index (Phi) is 7.29. The van der Waals surface area contributed by atoms with Crippen LogP contribution in [0.5, 0.6) is 0 Å². The van der Waals surface area contributed by atoms with Crippen molar-refractivity contribution >= 4 is 23.4 Å². The number of carbonyl (C=O) groups excluding carboxylic acids is 2. The molecule has 0 spiro atoms. The van der Waals surface area contributed by atoms with Crippen LogP contribution >= 0.6 is 11.6 Å². The minimum atomic E-state index is -1.80. The fourth-order valence-corrected chi connectivity index (χ4v) is 4.05. The molecule has 2 amide bonds. The predicted octanol–water partition coefficient (Wildman–Crippen LogP) is 0.765. The lowest BCUT2D eigenvalue weighted by Gasteiger charge is -2.30. The van der Waals surface area contributed by atoms with Gasteiger partial charge in [0.25, 0.3) is 11.8 Å². The van der Waals surface area contributed by atoms with E-state index in [4.69, 9.17) is 11.6 Å². The van der Waals surface area contributed by atoms with Crippen molar-refractivity contribution in [2.45, 2.75) is 50.5 Å². The lowest BCUT2D eigenvalue weighted by molar-refractivity contribution is -0.154. The van der Waals surface area contributed by atoms with E-state index in [-0.39, 0.29) is 12.6 Å². The number of nitrogens with zero attached hydrogens (tertiary/aromatic N) is 2. The molecule has 1 aromatic rings. The second kappa shape index (κ2) is 9.69. The quantitative estimate of drug-likeness (QED) is 0.618. The molecule has 8 heteroatoms. The van der Waals surface area contributed by atoms with Gasteiger partial charge in [0.1, 0.15) is 0 Å². The summed E-state index contributed by atoms with van der Waals surface area (Å²) in [5.41, 5.74) is 0.802. The Balaban J connectivity index is 1.52. The fourth-order valence-electron chi connectivity index (χ4n) is 3.92. The maximum Gasteiger partial charge on any atom is 0.254 e. The van der Waals surface area contributed by atoms with Crippen LogP contribution in [0.1, 0.15) is 31.2 Å². The minimum Gasteiger partial charge on any atom is -0.380 e. The summed E-state index contributed by atoms with van der Waals surface area (Å²) < 4.78 is 0. The zero-order valence-corrected chi connectivity index (χ0v) is 16.6. The van der Waals surface area contributed by atoms with Crippen molar-refractivity contribution in [2.24, 2.45) is 0 Å². The lowest BCUT2D eigenvalue weighted by atomic mass is 10.1. The molecule has 2 aliphatic rings. The van der Waals surface area contributed by atoms with Crippen molar-refractivity contribution in [3.05, 3.63) is 34.9 Å². The van der Waals surface area contributed by atoms with Crippen LogP contribution in [0.25, 0.3) is 0 Å². The Labute approximate surface area is 170 Å². The van der Waals surface area contributed by atoms with Crippen LogP contribution in [0.3, 0.4) is 0 Å². The molecule has 154 valence electrons. The highest BCUT2D eigenvalue weighted by molar-refractivity contribution is 6.30. The van der Waals surface area contributed by atoms with Crippen molar-refractivity contribution in [1.82, 2.24) is 15.1 Å². The number of halogens is 1. The number of aliphatic hydroxyl groups is 2. The molecule has 2 heterocycles. The van der Waals surface area contributed by atoms with Gasteiger partial charge in [-0.1, -0.05) is 23.7 Å². The zero-order chi connectivity index (χ0) is 20.1. The maximum atomic E-state index is 12.7. The summed E-state index contributed by atoms with van der Waals surface area (Å²) in [6.07, 6.45) is 0.548. The number of amides is 2. The third-order valence-corrected chi connectivity index (χ3v) is 5.78. The first-order valence-electron chi connectivity index (χ1n) is 9.87. The van der Waals surface area contributed by atoms with E-state index in [9.17, 15) is 19.8 Å². The first-order chi connectivity index (χ1) is 13.5. The van der Waals surface area contributed by atoms with E-state index in [2.05, 4.69) is 10.2 Å². The average Bonchev–Trinajstić information content (AvgIpc) is 3.38. The molecule has 7 nitrogen and oxygen atoms in total. The Hall–Kier alpha value is -1.67. The molecule has 2 aliphatic heterocycles. The van der Waals surface area contributed by atoms with Crippen LogP contribution in [0, 0.1) is 0 Å². The van der Waals surface area contributed by atoms with Crippen LogP contribution in [0.2, 0.25) is 5.02 Å². The van der Waals surface area contributed by atoms with Crippen LogP contribution in [0.15, 0.2) is 24.3 Å². The normalized spacial score (nSPS) is 22.2. The van der Waals surface area contributed by atoms with Gasteiger partial charge in [-0.2, -0.15) is 0 Å². The highest BCUT2D eigenvalue weighted by atomic mass is 35.5. The number of benzene rings is 1. The number of hydrogen-bond acceptors (Lipinski definition) is 5. The number of hydrogen-bond donors (Lipinski definition) is 3.